The van der Waals surface area contributed by atoms with Gasteiger partial charge < -0.3 is 14.5 Å². The molecule has 2 rings (SSSR count). The van der Waals surface area contributed by atoms with Crippen LogP contribution in [0.3, 0.4) is 0 Å². The first-order chi connectivity index (χ1) is 9.61. The fraction of sp³-hybridized carbons (Fsp3) is 0.214. The van der Waals surface area contributed by atoms with Crippen LogP contribution in [-0.4, -0.2) is 13.1 Å². The Morgan fingerprint density at radius 2 is 2.10 bits per heavy atom. The van der Waals surface area contributed by atoms with E-state index in [0.717, 1.165) is 10.0 Å². The summed E-state index contributed by atoms with van der Waals surface area (Å²) < 4.78 is 23.7. The van der Waals surface area contributed by atoms with Gasteiger partial charge in [-0.25, -0.2) is 9.18 Å². The first kappa shape index (κ1) is 14.7. The first-order valence-electron chi connectivity index (χ1n) is 5.91. The zero-order valence-corrected chi connectivity index (χ0v) is 12.4. The Bertz CT molecular complexity index is 612. The Balaban J connectivity index is 1.98. The van der Waals surface area contributed by atoms with Crippen LogP contribution in [0.15, 0.2) is 39.4 Å². The highest BCUT2D eigenvalue weighted by molar-refractivity contribution is 9.10. The lowest BCUT2D eigenvalue weighted by Crippen LogP contribution is -2.15. The molecule has 20 heavy (non-hydrogen) atoms. The lowest BCUT2D eigenvalue weighted by molar-refractivity contribution is 0.0563. The molecule has 0 bridgehead atoms. The van der Waals surface area contributed by atoms with Crippen molar-refractivity contribution in [3.05, 3.63) is 57.7 Å². The van der Waals surface area contributed by atoms with E-state index in [9.17, 15) is 9.18 Å². The summed E-state index contributed by atoms with van der Waals surface area (Å²) in [6, 6.07) is 6.19. The summed E-state index contributed by atoms with van der Waals surface area (Å²) in [6.07, 6.45) is 1.43. The van der Waals surface area contributed by atoms with E-state index in [4.69, 9.17) is 4.42 Å². The second-order valence-corrected chi connectivity index (χ2v) is 4.96. The van der Waals surface area contributed by atoms with Crippen molar-refractivity contribution in [2.24, 2.45) is 0 Å². The number of carbonyl (C=O) groups excluding carboxylic acids is 1. The fourth-order valence-electron chi connectivity index (χ4n) is 1.76. The molecule has 0 unspecified atom stereocenters. The Morgan fingerprint density at radius 1 is 1.35 bits per heavy atom. The maximum absolute atomic E-state index is 13.1. The number of hydrogen-bond donors (Lipinski definition) is 1. The van der Waals surface area contributed by atoms with E-state index >= 15 is 0 Å². The smallest absolute Gasteiger partial charge is 0.374 e. The highest BCUT2D eigenvalue weighted by Gasteiger charge is 2.15. The molecule has 2 aromatic rings. The number of furan rings is 1. The predicted molar refractivity (Wildman–Crippen MR) is 74.7 cm³/mol. The van der Waals surface area contributed by atoms with E-state index in [1.807, 2.05) is 0 Å². The summed E-state index contributed by atoms with van der Waals surface area (Å²) in [5.41, 5.74) is 1.50. The zero-order valence-electron chi connectivity index (χ0n) is 10.8. The van der Waals surface area contributed by atoms with Crippen molar-refractivity contribution < 1.29 is 18.3 Å². The van der Waals surface area contributed by atoms with Gasteiger partial charge in [0.05, 0.1) is 13.4 Å². The summed E-state index contributed by atoms with van der Waals surface area (Å²) in [7, 11) is 1.30. The molecule has 1 N–H and O–H groups in total. The van der Waals surface area contributed by atoms with E-state index in [2.05, 4.69) is 26.0 Å². The molecule has 0 aliphatic carbocycles. The van der Waals surface area contributed by atoms with Crippen LogP contribution in [-0.2, 0) is 17.8 Å². The standard InChI is InChI=1S/C14H13BrFNO3/c1-19-14(18)13-9(4-5-20-13)7-17-8-10-6-11(16)2-3-12(10)15/h2-6,17H,7-8H2,1H3. The third kappa shape index (κ3) is 3.46. The normalized spacial score (nSPS) is 10.6. The van der Waals surface area contributed by atoms with E-state index in [1.165, 1.54) is 25.5 Å². The average Bonchev–Trinajstić information content (AvgIpc) is 2.90. The fourth-order valence-corrected chi connectivity index (χ4v) is 2.14. The van der Waals surface area contributed by atoms with Gasteiger partial charge in [-0.05, 0) is 29.8 Å². The second-order valence-electron chi connectivity index (χ2n) is 4.11. The van der Waals surface area contributed by atoms with Crippen molar-refractivity contribution in [3.63, 3.8) is 0 Å². The van der Waals surface area contributed by atoms with Gasteiger partial charge in [0, 0.05) is 23.1 Å². The SMILES string of the molecule is COC(=O)c1occc1CNCc1cc(F)ccc1Br. The number of rotatable bonds is 5. The summed E-state index contributed by atoms with van der Waals surface area (Å²) in [4.78, 5) is 11.4. The number of halogens is 2. The molecule has 0 fully saturated rings. The highest BCUT2D eigenvalue weighted by Crippen LogP contribution is 2.18. The van der Waals surface area contributed by atoms with Crippen LogP contribution in [0.25, 0.3) is 0 Å². The van der Waals surface area contributed by atoms with Crippen LogP contribution in [0.1, 0.15) is 21.7 Å². The molecule has 0 saturated carbocycles. The van der Waals surface area contributed by atoms with Gasteiger partial charge in [0.25, 0.3) is 0 Å². The number of hydrogen-bond acceptors (Lipinski definition) is 4. The van der Waals surface area contributed by atoms with Gasteiger partial charge in [-0.1, -0.05) is 15.9 Å². The summed E-state index contributed by atoms with van der Waals surface area (Å²) in [5, 5.41) is 3.13. The molecule has 1 aromatic carbocycles. The van der Waals surface area contributed by atoms with Crippen molar-refractivity contribution in [2.45, 2.75) is 13.1 Å². The molecule has 106 valence electrons. The van der Waals surface area contributed by atoms with Crippen molar-refractivity contribution in [1.82, 2.24) is 5.32 Å². The summed E-state index contributed by atoms with van der Waals surface area (Å²) >= 11 is 3.36. The molecular formula is C14H13BrFNO3. The van der Waals surface area contributed by atoms with Gasteiger partial charge in [-0.3, -0.25) is 0 Å². The molecule has 0 saturated heterocycles. The molecule has 4 nitrogen and oxygen atoms in total. The third-order valence-corrected chi connectivity index (χ3v) is 3.53. The largest absolute Gasteiger partial charge is 0.463 e. The molecule has 1 heterocycles. The van der Waals surface area contributed by atoms with Gasteiger partial charge in [0.2, 0.25) is 5.76 Å². The Hall–Kier alpha value is -1.66. The minimum Gasteiger partial charge on any atom is -0.463 e. The zero-order chi connectivity index (χ0) is 14.5. The predicted octanol–water partition coefficient (Wildman–Crippen LogP) is 3.26. The monoisotopic (exact) mass is 341 g/mol. The molecule has 0 aliphatic heterocycles. The quantitative estimate of drug-likeness (QED) is 0.848. The van der Waals surface area contributed by atoms with Gasteiger partial charge in [0.1, 0.15) is 5.82 Å². The summed E-state index contributed by atoms with van der Waals surface area (Å²) in [6.45, 7) is 0.883. The minimum absolute atomic E-state index is 0.179. The van der Waals surface area contributed by atoms with Crippen molar-refractivity contribution >= 4 is 21.9 Å². The summed E-state index contributed by atoms with van der Waals surface area (Å²) in [5.74, 6) is -0.624. The number of benzene rings is 1. The van der Waals surface area contributed by atoms with Gasteiger partial charge in [-0.2, -0.15) is 0 Å². The Kier molecular flexibility index (Phi) is 4.92. The Morgan fingerprint density at radius 3 is 2.85 bits per heavy atom. The van der Waals surface area contributed by atoms with Crippen molar-refractivity contribution in [3.8, 4) is 0 Å². The molecule has 0 aliphatic rings. The molecular weight excluding hydrogens is 329 g/mol. The Labute approximate surface area is 124 Å². The highest BCUT2D eigenvalue weighted by atomic mass is 79.9. The van der Waals surface area contributed by atoms with Crippen LogP contribution < -0.4 is 5.32 Å². The topological polar surface area (TPSA) is 51.5 Å². The number of nitrogens with one attached hydrogen (secondary N) is 1. The molecule has 0 spiro atoms. The van der Waals surface area contributed by atoms with E-state index in [-0.39, 0.29) is 11.6 Å². The molecule has 6 heteroatoms. The first-order valence-corrected chi connectivity index (χ1v) is 6.70. The van der Waals surface area contributed by atoms with Crippen LogP contribution >= 0.6 is 15.9 Å². The van der Waals surface area contributed by atoms with Crippen LogP contribution in [0.5, 0.6) is 0 Å². The number of methoxy groups -OCH3 is 1. The average molecular weight is 342 g/mol. The van der Waals surface area contributed by atoms with Crippen LogP contribution in [0.4, 0.5) is 4.39 Å². The minimum atomic E-state index is -0.515. The van der Waals surface area contributed by atoms with Gasteiger partial charge >= 0.3 is 5.97 Å². The molecule has 0 amide bonds. The van der Waals surface area contributed by atoms with Gasteiger partial charge in [-0.15, -0.1) is 0 Å². The van der Waals surface area contributed by atoms with Crippen LogP contribution in [0, 0.1) is 5.82 Å². The lowest BCUT2D eigenvalue weighted by Gasteiger charge is -2.07. The molecule has 0 atom stereocenters. The number of carbonyl (C=O) groups is 1. The molecule has 1 aromatic heterocycles. The maximum atomic E-state index is 13.1. The van der Waals surface area contributed by atoms with Gasteiger partial charge in [0.15, 0.2) is 0 Å². The number of ether oxygens (including phenoxy) is 1. The van der Waals surface area contributed by atoms with E-state index in [0.29, 0.717) is 18.7 Å². The lowest BCUT2D eigenvalue weighted by atomic mass is 10.2. The van der Waals surface area contributed by atoms with Crippen molar-refractivity contribution in [2.75, 3.05) is 7.11 Å². The number of esters is 1. The maximum Gasteiger partial charge on any atom is 0.374 e. The van der Waals surface area contributed by atoms with E-state index in [1.54, 1.807) is 12.1 Å². The van der Waals surface area contributed by atoms with Crippen molar-refractivity contribution in [1.29, 1.82) is 0 Å². The van der Waals surface area contributed by atoms with E-state index < -0.39 is 5.97 Å². The second kappa shape index (κ2) is 6.67. The third-order valence-electron chi connectivity index (χ3n) is 2.76. The molecule has 0 radical (unpaired) electrons. The van der Waals surface area contributed by atoms with Crippen LogP contribution in [0.2, 0.25) is 0 Å².